The molecule has 8 heteroatoms. The number of sulfonamides is 1. The van der Waals surface area contributed by atoms with Gasteiger partial charge in [0, 0.05) is 25.7 Å². The lowest BCUT2D eigenvalue weighted by Gasteiger charge is -2.32. The summed E-state index contributed by atoms with van der Waals surface area (Å²) in [4.78, 5) is 27.2. The number of carbonyl (C=O) groups is 2. The summed E-state index contributed by atoms with van der Waals surface area (Å²) in [7, 11) is -3.71. The van der Waals surface area contributed by atoms with Crippen molar-refractivity contribution >= 4 is 21.9 Å². The maximum Gasteiger partial charge on any atom is 0.338 e. The molecule has 0 saturated carbocycles. The first kappa shape index (κ1) is 23.4. The summed E-state index contributed by atoms with van der Waals surface area (Å²) in [6.45, 7) is 4.80. The van der Waals surface area contributed by atoms with E-state index in [0.717, 1.165) is 31.2 Å². The van der Waals surface area contributed by atoms with Crippen LogP contribution in [-0.2, 0) is 32.5 Å². The largest absolute Gasteiger partial charge is 0.452 e. The van der Waals surface area contributed by atoms with E-state index in [1.54, 1.807) is 17.9 Å². The van der Waals surface area contributed by atoms with Crippen LogP contribution in [0.25, 0.3) is 0 Å². The Morgan fingerprint density at radius 3 is 2.58 bits per heavy atom. The fourth-order valence-electron chi connectivity index (χ4n) is 4.55. The number of fused-ring (bicyclic) bond motifs is 1. The van der Waals surface area contributed by atoms with Crippen molar-refractivity contribution < 1.29 is 22.7 Å². The average Bonchev–Trinajstić information content (AvgIpc) is 2.82. The van der Waals surface area contributed by atoms with E-state index in [-0.39, 0.29) is 29.0 Å². The third-order valence-electron chi connectivity index (χ3n) is 6.59. The second-order valence-electron chi connectivity index (χ2n) is 8.85. The van der Waals surface area contributed by atoms with Crippen molar-refractivity contribution in [2.45, 2.75) is 57.0 Å². The fraction of sp³-hybridized carbons (Fsp3) is 0.440. The molecule has 2 aliphatic rings. The third kappa shape index (κ3) is 4.96. The van der Waals surface area contributed by atoms with Crippen LogP contribution in [0.5, 0.6) is 0 Å². The molecule has 176 valence electrons. The van der Waals surface area contributed by atoms with E-state index in [1.807, 2.05) is 25.1 Å². The van der Waals surface area contributed by atoms with Gasteiger partial charge in [0.2, 0.25) is 10.0 Å². The van der Waals surface area contributed by atoms with Crippen LogP contribution in [0.15, 0.2) is 47.4 Å². The Hall–Kier alpha value is -2.71. The summed E-state index contributed by atoms with van der Waals surface area (Å²) >= 11 is 0. The van der Waals surface area contributed by atoms with Crippen LogP contribution in [-0.4, -0.2) is 55.2 Å². The Balaban J connectivity index is 1.44. The zero-order chi connectivity index (χ0) is 23.6. The molecule has 1 saturated heterocycles. The zero-order valence-electron chi connectivity index (χ0n) is 19.1. The van der Waals surface area contributed by atoms with E-state index >= 15 is 0 Å². The molecule has 7 nitrogen and oxygen atoms in total. The van der Waals surface area contributed by atoms with Gasteiger partial charge in [0.25, 0.3) is 5.91 Å². The Bertz CT molecular complexity index is 1160. The number of nitrogens with zero attached hydrogens (tertiary/aromatic N) is 2. The number of carbonyl (C=O) groups excluding carboxylic acids is 2. The summed E-state index contributed by atoms with van der Waals surface area (Å²) in [6.07, 6.45) is 3.43. The van der Waals surface area contributed by atoms with E-state index in [0.29, 0.717) is 25.2 Å². The van der Waals surface area contributed by atoms with E-state index in [4.69, 9.17) is 4.74 Å². The van der Waals surface area contributed by atoms with Gasteiger partial charge in [-0.2, -0.15) is 4.31 Å². The van der Waals surface area contributed by atoms with Crippen LogP contribution >= 0.6 is 0 Å². The van der Waals surface area contributed by atoms with Crippen molar-refractivity contribution in [3.05, 3.63) is 64.7 Å². The molecule has 0 radical (unpaired) electrons. The normalized spacial score (nSPS) is 19.1. The van der Waals surface area contributed by atoms with Crippen LogP contribution in [0.4, 0.5) is 0 Å². The molecule has 1 atom stereocenters. The van der Waals surface area contributed by atoms with Crippen LogP contribution in [0.1, 0.15) is 53.2 Å². The maximum atomic E-state index is 13.2. The molecule has 0 aliphatic carbocycles. The van der Waals surface area contributed by atoms with E-state index < -0.39 is 16.0 Å². The molecule has 2 aromatic rings. The van der Waals surface area contributed by atoms with Crippen molar-refractivity contribution in [3.8, 4) is 0 Å². The summed E-state index contributed by atoms with van der Waals surface area (Å²) in [6, 6.07) is 12.4. The molecule has 33 heavy (non-hydrogen) atoms. The highest BCUT2D eigenvalue weighted by atomic mass is 32.2. The Morgan fingerprint density at radius 1 is 1.06 bits per heavy atom. The van der Waals surface area contributed by atoms with Gasteiger partial charge in [-0.15, -0.1) is 0 Å². The standard InChI is InChI=1S/C25H30N2O5S/c1-18-10-11-22(33(30,31)27-13-6-5-7-19(27)2)15-23(18)25(29)32-17-24(28)26-14-12-20-8-3-4-9-21(20)16-26/h3-4,8-11,15,19H,5-7,12-14,16-17H2,1-2H3. The predicted octanol–water partition coefficient (Wildman–Crippen LogP) is 3.30. The van der Waals surface area contributed by atoms with E-state index in [1.165, 1.54) is 22.0 Å². The lowest BCUT2D eigenvalue weighted by atomic mass is 10.00. The SMILES string of the molecule is Cc1ccc(S(=O)(=O)N2CCCCC2C)cc1C(=O)OCC(=O)N1CCc2ccccc2C1. The number of esters is 1. The number of piperidine rings is 1. The molecule has 2 heterocycles. The monoisotopic (exact) mass is 470 g/mol. The number of benzene rings is 2. The number of aryl methyl sites for hydroxylation is 1. The number of hydrogen-bond donors (Lipinski definition) is 0. The van der Waals surface area contributed by atoms with Crippen LogP contribution in [0, 0.1) is 6.92 Å². The summed E-state index contributed by atoms with van der Waals surface area (Å²) in [5.74, 6) is -0.955. The summed E-state index contributed by atoms with van der Waals surface area (Å²) in [5, 5.41) is 0. The second-order valence-corrected chi connectivity index (χ2v) is 10.7. The first-order valence-corrected chi connectivity index (χ1v) is 12.9. The predicted molar refractivity (Wildman–Crippen MR) is 124 cm³/mol. The van der Waals surface area contributed by atoms with E-state index in [9.17, 15) is 18.0 Å². The van der Waals surface area contributed by atoms with Crippen LogP contribution < -0.4 is 0 Å². The van der Waals surface area contributed by atoms with Gasteiger partial charge in [-0.1, -0.05) is 36.8 Å². The average molecular weight is 471 g/mol. The van der Waals surface area contributed by atoms with Crippen molar-refractivity contribution in [2.75, 3.05) is 19.7 Å². The molecular weight excluding hydrogens is 440 g/mol. The molecule has 2 aromatic carbocycles. The Morgan fingerprint density at radius 2 is 1.82 bits per heavy atom. The third-order valence-corrected chi connectivity index (χ3v) is 8.60. The molecule has 1 unspecified atom stereocenters. The molecule has 0 N–H and O–H groups in total. The number of rotatable bonds is 5. The first-order chi connectivity index (χ1) is 15.8. The minimum atomic E-state index is -3.71. The zero-order valence-corrected chi connectivity index (χ0v) is 19.9. The van der Waals surface area contributed by atoms with E-state index in [2.05, 4.69) is 6.07 Å². The molecule has 2 aliphatic heterocycles. The Labute approximate surface area is 195 Å². The van der Waals surface area contributed by atoms with Crippen molar-refractivity contribution in [3.63, 3.8) is 0 Å². The smallest absolute Gasteiger partial charge is 0.338 e. The van der Waals surface area contributed by atoms with Gasteiger partial charge in [-0.25, -0.2) is 13.2 Å². The number of hydrogen-bond acceptors (Lipinski definition) is 5. The highest BCUT2D eigenvalue weighted by Crippen LogP contribution is 2.27. The topological polar surface area (TPSA) is 84.0 Å². The lowest BCUT2D eigenvalue weighted by Crippen LogP contribution is -2.42. The summed E-state index contributed by atoms with van der Waals surface area (Å²) < 4.78 is 33.2. The minimum Gasteiger partial charge on any atom is -0.452 e. The molecule has 1 amide bonds. The molecule has 0 bridgehead atoms. The quantitative estimate of drug-likeness (QED) is 0.626. The van der Waals surface area contributed by atoms with Gasteiger partial charge in [0.05, 0.1) is 10.5 Å². The van der Waals surface area contributed by atoms with Crippen LogP contribution in [0.3, 0.4) is 0 Å². The number of ether oxygens (including phenoxy) is 1. The van der Waals surface area contributed by atoms with Gasteiger partial charge in [0.15, 0.2) is 6.61 Å². The highest BCUT2D eigenvalue weighted by molar-refractivity contribution is 7.89. The molecule has 4 rings (SSSR count). The molecule has 0 spiro atoms. The lowest BCUT2D eigenvalue weighted by molar-refractivity contribution is -0.135. The summed E-state index contributed by atoms with van der Waals surface area (Å²) in [5.41, 5.74) is 3.10. The van der Waals surface area contributed by atoms with Crippen molar-refractivity contribution in [1.82, 2.24) is 9.21 Å². The van der Waals surface area contributed by atoms with Crippen molar-refractivity contribution in [2.24, 2.45) is 0 Å². The first-order valence-electron chi connectivity index (χ1n) is 11.4. The van der Waals surface area contributed by atoms with Gasteiger partial charge in [-0.3, -0.25) is 4.79 Å². The van der Waals surface area contributed by atoms with Gasteiger partial charge in [-0.05, 0) is 61.9 Å². The molecular formula is C25H30N2O5S. The maximum absolute atomic E-state index is 13.2. The van der Waals surface area contributed by atoms with Crippen molar-refractivity contribution in [1.29, 1.82) is 0 Å². The second kappa shape index (κ2) is 9.65. The minimum absolute atomic E-state index is 0.0762. The van der Waals surface area contributed by atoms with Crippen LogP contribution in [0.2, 0.25) is 0 Å². The Kier molecular flexibility index (Phi) is 6.86. The van der Waals surface area contributed by atoms with Gasteiger partial charge < -0.3 is 9.64 Å². The highest BCUT2D eigenvalue weighted by Gasteiger charge is 2.32. The van der Waals surface area contributed by atoms with Gasteiger partial charge in [0.1, 0.15) is 0 Å². The molecule has 0 aromatic heterocycles. The molecule has 1 fully saturated rings. The number of amides is 1. The van der Waals surface area contributed by atoms with Gasteiger partial charge >= 0.3 is 5.97 Å². The fourth-order valence-corrected chi connectivity index (χ4v) is 6.28.